The van der Waals surface area contributed by atoms with E-state index in [4.69, 9.17) is 0 Å². The van der Waals surface area contributed by atoms with Gasteiger partial charge in [0.1, 0.15) is 11.6 Å². The Kier molecular flexibility index (Phi) is 3.76. The van der Waals surface area contributed by atoms with Crippen molar-refractivity contribution in [3.63, 3.8) is 0 Å². The van der Waals surface area contributed by atoms with Gasteiger partial charge < -0.3 is 10.6 Å². The van der Waals surface area contributed by atoms with Gasteiger partial charge in [0.2, 0.25) is 5.95 Å². The van der Waals surface area contributed by atoms with E-state index in [1.807, 2.05) is 13.0 Å². The third kappa shape index (κ3) is 2.59. The zero-order chi connectivity index (χ0) is 13.1. The van der Waals surface area contributed by atoms with E-state index in [0.717, 1.165) is 5.56 Å². The molecule has 0 aliphatic heterocycles. The molecule has 0 atom stereocenters. The molecule has 4 nitrogen and oxygen atoms in total. The van der Waals surface area contributed by atoms with Crippen LogP contribution in [0.3, 0.4) is 0 Å². The van der Waals surface area contributed by atoms with Gasteiger partial charge in [0, 0.05) is 13.2 Å². The average Bonchev–Trinajstić information content (AvgIpc) is 2.36. The first kappa shape index (κ1) is 12.8. The molecule has 0 bridgehead atoms. The number of anilines is 3. The summed E-state index contributed by atoms with van der Waals surface area (Å²) >= 11 is 3.33. The Labute approximate surface area is 113 Å². The summed E-state index contributed by atoms with van der Waals surface area (Å²) in [7, 11) is 1.72. The van der Waals surface area contributed by atoms with E-state index in [9.17, 15) is 4.39 Å². The number of hydrogen-bond donors (Lipinski definition) is 2. The first-order chi connectivity index (χ1) is 8.61. The minimum absolute atomic E-state index is 0.313. The van der Waals surface area contributed by atoms with Crippen molar-refractivity contribution >= 4 is 33.4 Å². The molecule has 94 valence electrons. The normalized spacial score (nSPS) is 10.2. The van der Waals surface area contributed by atoms with Crippen LogP contribution in [0.2, 0.25) is 0 Å². The second kappa shape index (κ2) is 5.30. The van der Waals surface area contributed by atoms with Gasteiger partial charge in [0.15, 0.2) is 0 Å². The van der Waals surface area contributed by atoms with Crippen molar-refractivity contribution < 1.29 is 4.39 Å². The van der Waals surface area contributed by atoms with Gasteiger partial charge in [-0.25, -0.2) is 9.37 Å². The lowest BCUT2D eigenvalue weighted by molar-refractivity contribution is 0.630. The molecule has 0 saturated carbocycles. The molecule has 2 rings (SSSR count). The summed E-state index contributed by atoms with van der Waals surface area (Å²) in [4.78, 5) is 8.26. The average molecular weight is 311 g/mol. The Morgan fingerprint density at radius 3 is 2.78 bits per heavy atom. The van der Waals surface area contributed by atoms with Gasteiger partial charge in [-0.15, -0.1) is 0 Å². The minimum atomic E-state index is -0.313. The lowest BCUT2D eigenvalue weighted by Crippen LogP contribution is -2.03. The predicted octanol–water partition coefficient (Wildman–Crippen LogP) is 3.47. The molecule has 18 heavy (non-hydrogen) atoms. The van der Waals surface area contributed by atoms with Crippen LogP contribution in [0, 0.1) is 12.7 Å². The van der Waals surface area contributed by atoms with Gasteiger partial charge >= 0.3 is 0 Å². The fourth-order valence-electron chi connectivity index (χ4n) is 1.48. The van der Waals surface area contributed by atoms with Crippen molar-refractivity contribution in [2.45, 2.75) is 6.92 Å². The molecular formula is C12H12BrFN4. The zero-order valence-corrected chi connectivity index (χ0v) is 11.5. The maximum absolute atomic E-state index is 13.7. The quantitative estimate of drug-likeness (QED) is 0.911. The summed E-state index contributed by atoms with van der Waals surface area (Å²) < 4.78 is 14.4. The number of nitrogens with one attached hydrogen (secondary N) is 2. The molecule has 2 aromatic rings. The van der Waals surface area contributed by atoms with Crippen LogP contribution in [0.25, 0.3) is 0 Å². The minimum Gasteiger partial charge on any atom is -0.357 e. The number of hydrogen-bond acceptors (Lipinski definition) is 4. The second-order valence-electron chi connectivity index (χ2n) is 3.70. The molecule has 1 heterocycles. The van der Waals surface area contributed by atoms with E-state index in [-0.39, 0.29) is 5.82 Å². The summed E-state index contributed by atoms with van der Waals surface area (Å²) in [6, 6.07) is 4.91. The van der Waals surface area contributed by atoms with Crippen LogP contribution in [-0.4, -0.2) is 17.0 Å². The summed E-state index contributed by atoms with van der Waals surface area (Å²) in [6.07, 6.45) is 1.61. The monoisotopic (exact) mass is 310 g/mol. The topological polar surface area (TPSA) is 49.8 Å². The van der Waals surface area contributed by atoms with Crippen LogP contribution in [0.5, 0.6) is 0 Å². The second-order valence-corrected chi connectivity index (χ2v) is 4.55. The fourth-order valence-corrected chi connectivity index (χ4v) is 1.77. The molecule has 0 aliphatic rings. The van der Waals surface area contributed by atoms with E-state index in [0.29, 0.717) is 21.9 Å². The largest absolute Gasteiger partial charge is 0.357 e. The Morgan fingerprint density at radius 2 is 2.11 bits per heavy atom. The van der Waals surface area contributed by atoms with Crippen molar-refractivity contribution in [1.29, 1.82) is 0 Å². The molecule has 1 aromatic carbocycles. The van der Waals surface area contributed by atoms with E-state index >= 15 is 0 Å². The molecule has 0 aliphatic carbocycles. The Balaban J connectivity index is 2.39. The van der Waals surface area contributed by atoms with E-state index < -0.39 is 0 Å². The summed E-state index contributed by atoms with van der Waals surface area (Å²) in [5, 5.41) is 5.80. The maximum Gasteiger partial charge on any atom is 0.224 e. The van der Waals surface area contributed by atoms with Gasteiger partial charge in [-0.2, -0.15) is 4.98 Å². The van der Waals surface area contributed by atoms with Crippen LogP contribution in [0.1, 0.15) is 5.56 Å². The lowest BCUT2D eigenvalue weighted by Gasteiger charge is -2.11. The molecule has 1 aromatic heterocycles. The van der Waals surface area contributed by atoms with Gasteiger partial charge in [0.05, 0.1) is 10.2 Å². The number of para-hydroxylation sites is 1. The van der Waals surface area contributed by atoms with Crippen molar-refractivity contribution in [2.24, 2.45) is 0 Å². The molecule has 0 amide bonds. The molecular weight excluding hydrogens is 299 g/mol. The molecule has 0 fully saturated rings. The van der Waals surface area contributed by atoms with E-state index in [1.165, 1.54) is 6.07 Å². The number of halogens is 2. The van der Waals surface area contributed by atoms with Crippen molar-refractivity contribution in [3.8, 4) is 0 Å². The summed E-state index contributed by atoms with van der Waals surface area (Å²) in [5.74, 6) is 0.670. The standard InChI is InChI=1S/C12H12BrFN4/c1-7-4-3-5-9(14)10(7)17-11-8(13)6-16-12(15-2)18-11/h3-6H,1-2H3,(H2,15,16,17,18). The molecule has 0 saturated heterocycles. The predicted molar refractivity (Wildman–Crippen MR) is 73.7 cm³/mol. The van der Waals surface area contributed by atoms with Crippen LogP contribution in [0.4, 0.5) is 21.8 Å². The van der Waals surface area contributed by atoms with Crippen LogP contribution in [0.15, 0.2) is 28.9 Å². The van der Waals surface area contributed by atoms with Gasteiger partial charge in [0.25, 0.3) is 0 Å². The number of nitrogens with zero attached hydrogens (tertiary/aromatic N) is 2. The smallest absolute Gasteiger partial charge is 0.224 e. The van der Waals surface area contributed by atoms with Crippen molar-refractivity contribution in [3.05, 3.63) is 40.2 Å². The highest BCUT2D eigenvalue weighted by Crippen LogP contribution is 2.27. The fraction of sp³-hybridized carbons (Fsp3) is 0.167. The van der Waals surface area contributed by atoms with Crippen molar-refractivity contribution in [2.75, 3.05) is 17.7 Å². The van der Waals surface area contributed by atoms with Gasteiger partial charge in [-0.05, 0) is 34.5 Å². The third-order valence-corrected chi connectivity index (χ3v) is 3.01. The van der Waals surface area contributed by atoms with Crippen LogP contribution in [-0.2, 0) is 0 Å². The molecule has 0 unspecified atom stereocenters. The zero-order valence-electron chi connectivity index (χ0n) is 9.96. The number of aromatic nitrogens is 2. The summed E-state index contributed by atoms with van der Waals surface area (Å²) in [5.41, 5.74) is 1.23. The van der Waals surface area contributed by atoms with Crippen LogP contribution < -0.4 is 10.6 Å². The van der Waals surface area contributed by atoms with Gasteiger partial charge in [-0.1, -0.05) is 12.1 Å². The molecule has 2 N–H and O–H groups in total. The highest BCUT2D eigenvalue weighted by molar-refractivity contribution is 9.10. The highest BCUT2D eigenvalue weighted by atomic mass is 79.9. The summed E-state index contributed by atoms with van der Waals surface area (Å²) in [6.45, 7) is 1.83. The number of rotatable bonds is 3. The highest BCUT2D eigenvalue weighted by Gasteiger charge is 2.09. The van der Waals surface area contributed by atoms with E-state index in [2.05, 4.69) is 36.5 Å². The van der Waals surface area contributed by atoms with Gasteiger partial charge in [-0.3, -0.25) is 0 Å². The first-order valence-electron chi connectivity index (χ1n) is 5.34. The number of benzene rings is 1. The third-order valence-electron chi connectivity index (χ3n) is 2.43. The Hall–Kier alpha value is -1.69. The lowest BCUT2D eigenvalue weighted by atomic mass is 10.2. The molecule has 0 spiro atoms. The first-order valence-corrected chi connectivity index (χ1v) is 6.13. The van der Waals surface area contributed by atoms with Crippen LogP contribution >= 0.6 is 15.9 Å². The molecule has 6 heteroatoms. The Bertz CT molecular complexity index is 554. The number of aryl methyl sites for hydroxylation is 1. The molecule has 0 radical (unpaired) electrons. The maximum atomic E-state index is 13.7. The van der Waals surface area contributed by atoms with E-state index in [1.54, 1.807) is 19.3 Å². The van der Waals surface area contributed by atoms with Crippen molar-refractivity contribution in [1.82, 2.24) is 9.97 Å². The SMILES string of the molecule is CNc1ncc(Br)c(Nc2c(C)cccc2F)n1. The Morgan fingerprint density at radius 1 is 1.33 bits per heavy atom.